The fourth-order valence-electron chi connectivity index (χ4n) is 3.95. The number of rotatable bonds is 15. The molecule has 0 bridgehead atoms. The van der Waals surface area contributed by atoms with Gasteiger partial charge in [0.05, 0.1) is 46.2 Å². The van der Waals surface area contributed by atoms with E-state index in [0.717, 1.165) is 29.4 Å². The fraction of sp³-hybridized carbons (Fsp3) is 0.500. The molecule has 8 nitrogen and oxygen atoms in total. The van der Waals surface area contributed by atoms with E-state index in [9.17, 15) is 10.1 Å². The number of fused-ring (bicyclic) bond motifs is 1. The molecule has 1 aliphatic heterocycles. The summed E-state index contributed by atoms with van der Waals surface area (Å²) in [4.78, 5) is 14.8. The van der Waals surface area contributed by atoms with E-state index in [2.05, 4.69) is 23.1 Å². The number of methoxy groups -OCH3 is 1. The third kappa shape index (κ3) is 9.25. The number of benzene rings is 2. The summed E-state index contributed by atoms with van der Waals surface area (Å²) in [6.07, 6.45) is 5.34. The maximum Gasteiger partial charge on any atom is 0.348 e. The molecule has 1 aliphatic rings. The van der Waals surface area contributed by atoms with Crippen LogP contribution in [0.1, 0.15) is 24.8 Å². The lowest BCUT2D eigenvalue weighted by molar-refractivity contribution is -0.140. The summed E-state index contributed by atoms with van der Waals surface area (Å²) in [5, 5.41) is 11.7. The molecule has 0 N–H and O–H groups in total. The Morgan fingerprint density at radius 3 is 2.14 bits per heavy atom. The number of carbonyl (C=O) groups excluding carboxylic acids is 1. The molecule has 2 aromatic rings. The molecule has 8 heteroatoms. The molecule has 3 rings (SSSR count). The summed E-state index contributed by atoms with van der Waals surface area (Å²) in [5.41, 5.74) is 1.98. The van der Waals surface area contributed by atoms with Crippen LogP contribution in [0, 0.1) is 11.3 Å². The standard InChI is InChI=1S/C28H36N2O6/c1-32-11-12-33-13-14-34-15-16-35-17-18-36-28(31)26(22-29)20-23-5-6-25-21-27(8-7-24(25)19-23)30-9-3-2-4-10-30/h5-8,19-21H,2-4,9-18H2,1H3. The van der Waals surface area contributed by atoms with Gasteiger partial charge in [-0.15, -0.1) is 0 Å². The lowest BCUT2D eigenvalue weighted by Gasteiger charge is -2.29. The van der Waals surface area contributed by atoms with Crippen LogP contribution in [0.15, 0.2) is 42.0 Å². The third-order valence-electron chi connectivity index (χ3n) is 5.86. The Labute approximate surface area is 213 Å². The van der Waals surface area contributed by atoms with E-state index in [4.69, 9.17) is 23.7 Å². The second kappa shape index (κ2) is 15.9. The van der Waals surface area contributed by atoms with Crippen LogP contribution in [-0.2, 0) is 28.5 Å². The largest absolute Gasteiger partial charge is 0.459 e. The van der Waals surface area contributed by atoms with Crippen LogP contribution in [0.3, 0.4) is 0 Å². The number of esters is 1. The zero-order chi connectivity index (χ0) is 25.4. The van der Waals surface area contributed by atoms with Gasteiger partial charge in [0.25, 0.3) is 0 Å². The maximum absolute atomic E-state index is 12.3. The quantitative estimate of drug-likeness (QED) is 0.158. The van der Waals surface area contributed by atoms with Crippen molar-refractivity contribution in [2.75, 3.05) is 78.0 Å². The van der Waals surface area contributed by atoms with Gasteiger partial charge in [-0.2, -0.15) is 5.26 Å². The Morgan fingerprint density at radius 2 is 1.47 bits per heavy atom. The zero-order valence-electron chi connectivity index (χ0n) is 21.1. The maximum atomic E-state index is 12.3. The van der Waals surface area contributed by atoms with Crippen LogP contribution in [-0.4, -0.2) is 79.0 Å². The first kappa shape index (κ1) is 27.6. The summed E-state index contributed by atoms with van der Waals surface area (Å²) in [7, 11) is 1.63. The van der Waals surface area contributed by atoms with Gasteiger partial charge in [0.1, 0.15) is 18.2 Å². The van der Waals surface area contributed by atoms with Gasteiger partial charge in [0.2, 0.25) is 0 Å². The van der Waals surface area contributed by atoms with Crippen molar-refractivity contribution in [1.29, 1.82) is 5.26 Å². The topological polar surface area (TPSA) is 90.2 Å². The first-order chi connectivity index (χ1) is 17.7. The van der Waals surface area contributed by atoms with E-state index in [1.807, 2.05) is 24.3 Å². The summed E-state index contributed by atoms with van der Waals surface area (Å²) in [6, 6.07) is 14.3. The minimum Gasteiger partial charge on any atom is -0.459 e. The van der Waals surface area contributed by atoms with Crippen molar-refractivity contribution >= 4 is 28.5 Å². The molecule has 1 fully saturated rings. The number of hydrogen-bond donors (Lipinski definition) is 0. The summed E-state index contributed by atoms with van der Waals surface area (Å²) < 4.78 is 26.1. The van der Waals surface area contributed by atoms with Crippen molar-refractivity contribution in [3.8, 4) is 6.07 Å². The van der Waals surface area contributed by atoms with Gasteiger partial charge in [-0.25, -0.2) is 4.79 Å². The molecule has 0 radical (unpaired) electrons. The van der Waals surface area contributed by atoms with Crippen molar-refractivity contribution < 1.29 is 28.5 Å². The molecule has 0 atom stereocenters. The monoisotopic (exact) mass is 496 g/mol. The highest BCUT2D eigenvalue weighted by atomic mass is 16.6. The third-order valence-corrected chi connectivity index (χ3v) is 5.86. The average Bonchev–Trinajstić information content (AvgIpc) is 2.92. The molecule has 2 aromatic carbocycles. The fourth-order valence-corrected chi connectivity index (χ4v) is 3.95. The van der Waals surface area contributed by atoms with E-state index in [1.54, 1.807) is 13.2 Å². The van der Waals surface area contributed by atoms with Gasteiger partial charge in [0.15, 0.2) is 0 Å². The Morgan fingerprint density at radius 1 is 0.861 bits per heavy atom. The number of anilines is 1. The minimum absolute atomic E-state index is 0.0453. The smallest absolute Gasteiger partial charge is 0.348 e. The number of piperidine rings is 1. The van der Waals surface area contributed by atoms with Gasteiger partial charge in [-0.3, -0.25) is 0 Å². The first-order valence-corrected chi connectivity index (χ1v) is 12.5. The van der Waals surface area contributed by atoms with E-state index in [1.165, 1.54) is 24.9 Å². The number of nitrogens with zero attached hydrogens (tertiary/aromatic N) is 2. The highest BCUT2D eigenvalue weighted by molar-refractivity contribution is 5.98. The molecule has 1 heterocycles. The number of ether oxygens (including phenoxy) is 5. The van der Waals surface area contributed by atoms with E-state index in [-0.39, 0.29) is 18.8 Å². The summed E-state index contributed by atoms with van der Waals surface area (Å²) in [6.45, 7) is 5.39. The lowest BCUT2D eigenvalue weighted by Crippen LogP contribution is -2.29. The Hall–Kier alpha value is -2.96. The van der Waals surface area contributed by atoms with Gasteiger partial charge >= 0.3 is 5.97 Å². The van der Waals surface area contributed by atoms with Crippen molar-refractivity contribution in [3.05, 3.63) is 47.5 Å². The number of carbonyl (C=O) groups is 1. The van der Waals surface area contributed by atoms with Crippen LogP contribution < -0.4 is 4.90 Å². The molecule has 36 heavy (non-hydrogen) atoms. The van der Waals surface area contributed by atoms with Crippen LogP contribution >= 0.6 is 0 Å². The predicted octanol–water partition coefficient (Wildman–Crippen LogP) is 3.98. The second-order valence-corrected chi connectivity index (χ2v) is 8.47. The summed E-state index contributed by atoms with van der Waals surface area (Å²) in [5.74, 6) is -0.661. The predicted molar refractivity (Wildman–Crippen MR) is 139 cm³/mol. The molecule has 0 aliphatic carbocycles. The van der Waals surface area contributed by atoms with Crippen molar-refractivity contribution in [1.82, 2.24) is 0 Å². The number of hydrogen-bond acceptors (Lipinski definition) is 8. The molecule has 0 saturated carbocycles. The molecular formula is C28H36N2O6. The Bertz CT molecular complexity index is 1030. The van der Waals surface area contributed by atoms with Crippen LogP contribution in [0.5, 0.6) is 0 Å². The normalized spacial score (nSPS) is 14.1. The average molecular weight is 497 g/mol. The molecule has 0 amide bonds. The first-order valence-electron chi connectivity index (χ1n) is 12.5. The van der Waals surface area contributed by atoms with Crippen molar-refractivity contribution in [3.63, 3.8) is 0 Å². The molecule has 0 unspecified atom stereocenters. The molecule has 1 saturated heterocycles. The zero-order valence-corrected chi connectivity index (χ0v) is 21.1. The SMILES string of the molecule is COCCOCCOCCOCCOC(=O)C(C#N)=Cc1ccc2cc(N3CCCCC3)ccc2c1. The molecule has 0 spiro atoms. The minimum atomic E-state index is -0.661. The van der Waals surface area contributed by atoms with Crippen molar-refractivity contribution in [2.24, 2.45) is 0 Å². The van der Waals surface area contributed by atoms with E-state index >= 15 is 0 Å². The second-order valence-electron chi connectivity index (χ2n) is 8.47. The van der Waals surface area contributed by atoms with Crippen LogP contribution in [0.2, 0.25) is 0 Å². The molecule has 0 aromatic heterocycles. The lowest BCUT2D eigenvalue weighted by atomic mass is 10.0. The Kier molecular flexibility index (Phi) is 12.2. The van der Waals surface area contributed by atoms with Gasteiger partial charge < -0.3 is 28.6 Å². The van der Waals surface area contributed by atoms with Gasteiger partial charge in [-0.05, 0) is 59.9 Å². The van der Waals surface area contributed by atoms with Gasteiger partial charge in [-0.1, -0.05) is 18.2 Å². The Balaban J connectivity index is 1.40. The number of nitriles is 1. The highest BCUT2D eigenvalue weighted by Crippen LogP contribution is 2.26. The van der Waals surface area contributed by atoms with Crippen molar-refractivity contribution in [2.45, 2.75) is 19.3 Å². The van der Waals surface area contributed by atoms with Crippen LogP contribution in [0.4, 0.5) is 5.69 Å². The summed E-state index contributed by atoms with van der Waals surface area (Å²) >= 11 is 0. The van der Waals surface area contributed by atoms with Gasteiger partial charge in [0, 0.05) is 25.9 Å². The van der Waals surface area contributed by atoms with Crippen LogP contribution in [0.25, 0.3) is 16.8 Å². The highest BCUT2D eigenvalue weighted by Gasteiger charge is 2.13. The van der Waals surface area contributed by atoms with E-state index < -0.39 is 5.97 Å². The molecular weight excluding hydrogens is 460 g/mol. The molecule has 194 valence electrons. The van der Waals surface area contributed by atoms with E-state index in [0.29, 0.717) is 39.6 Å².